The number of halogens is 4. The third-order valence-electron chi connectivity index (χ3n) is 5.22. The average Bonchev–Trinajstić information content (AvgIpc) is 3.21. The number of Topliss-reactive ketones (excluding diaryl/α,β-unsaturated/α-hetero) is 1. The molecule has 0 spiro atoms. The molecule has 0 radical (unpaired) electrons. The monoisotopic (exact) mass is 436 g/mol. The molecule has 164 valence electrons. The van der Waals surface area contributed by atoms with Gasteiger partial charge in [0, 0.05) is 43.7 Å². The lowest BCUT2D eigenvalue weighted by Crippen LogP contribution is -2.48. The second-order valence-corrected chi connectivity index (χ2v) is 7.49. The number of carbonyl (C=O) groups is 1. The maximum Gasteiger partial charge on any atom is 0.415 e. The van der Waals surface area contributed by atoms with E-state index in [0.717, 1.165) is 15.6 Å². The topological polar surface area (TPSA) is 60.2 Å². The van der Waals surface area contributed by atoms with Gasteiger partial charge in [-0.3, -0.25) is 9.69 Å². The molecule has 0 amide bonds. The molecule has 1 aliphatic rings. The number of ketones is 1. The maximum absolute atomic E-state index is 13.0. The van der Waals surface area contributed by atoms with Gasteiger partial charge in [0.15, 0.2) is 18.7 Å². The Morgan fingerprint density at radius 3 is 2.77 bits per heavy atom. The van der Waals surface area contributed by atoms with Crippen LogP contribution in [-0.2, 0) is 18.1 Å². The smallest absolute Gasteiger partial charge is 0.366 e. The van der Waals surface area contributed by atoms with Gasteiger partial charge in [0.1, 0.15) is 5.69 Å². The fourth-order valence-electron chi connectivity index (χ4n) is 3.66. The Morgan fingerprint density at radius 1 is 1.29 bits per heavy atom. The molecule has 1 aliphatic heterocycles. The Hall–Kier alpha value is -2.85. The van der Waals surface area contributed by atoms with Gasteiger partial charge in [-0.25, -0.2) is 14.1 Å². The molecule has 31 heavy (non-hydrogen) atoms. The summed E-state index contributed by atoms with van der Waals surface area (Å²) in [5.74, 6) is -0.229. The summed E-state index contributed by atoms with van der Waals surface area (Å²) in [6.07, 6.45) is -3.16. The van der Waals surface area contributed by atoms with Crippen LogP contribution in [0.3, 0.4) is 0 Å². The van der Waals surface area contributed by atoms with Crippen molar-refractivity contribution in [2.75, 3.05) is 19.7 Å². The summed E-state index contributed by atoms with van der Waals surface area (Å²) in [6.45, 7) is 1.08. The van der Waals surface area contributed by atoms with Crippen molar-refractivity contribution in [1.29, 1.82) is 0 Å². The van der Waals surface area contributed by atoms with Gasteiger partial charge in [-0.2, -0.15) is 18.3 Å². The predicted octanol–water partition coefficient (Wildman–Crippen LogP) is 3.99. The normalized spacial score (nSPS) is 17.9. The lowest BCUT2D eigenvalue weighted by molar-refractivity contribution is -0.237. The summed E-state index contributed by atoms with van der Waals surface area (Å²) in [4.78, 5) is 18.1. The van der Waals surface area contributed by atoms with E-state index in [1.54, 1.807) is 17.0 Å². The van der Waals surface area contributed by atoms with Crippen molar-refractivity contribution < 1.29 is 27.1 Å². The number of aromatic nitrogens is 3. The first-order chi connectivity index (χ1) is 14.7. The standard InChI is InChI=1S/C21H20F4N4O2/c1-13(30)18-7-17(15-8-26-29(10-15)12-22)16-3-2-14(6-19(16)27-18)9-28-4-5-31-20(11-28)21(23,24)25/h2-3,6-8,10,20H,4-5,9,11-12H2,1H3/t20-/m1/s1. The number of benzene rings is 1. The van der Waals surface area contributed by atoms with Gasteiger partial charge >= 0.3 is 6.18 Å². The first kappa shape index (κ1) is 21.4. The van der Waals surface area contributed by atoms with Crippen LogP contribution in [0, 0.1) is 0 Å². The molecule has 3 aromatic rings. The Morgan fingerprint density at radius 2 is 2.10 bits per heavy atom. The zero-order chi connectivity index (χ0) is 22.2. The number of pyridine rings is 1. The van der Waals surface area contributed by atoms with E-state index in [2.05, 4.69) is 10.1 Å². The first-order valence-corrected chi connectivity index (χ1v) is 9.68. The van der Waals surface area contributed by atoms with Crippen molar-refractivity contribution in [3.05, 3.63) is 47.9 Å². The molecule has 1 saturated heterocycles. The number of ether oxygens (including phenoxy) is 1. The summed E-state index contributed by atoms with van der Waals surface area (Å²) in [5.41, 5.74) is 2.88. The summed E-state index contributed by atoms with van der Waals surface area (Å²) < 4.78 is 57.9. The van der Waals surface area contributed by atoms with E-state index >= 15 is 0 Å². The lowest BCUT2D eigenvalue weighted by Gasteiger charge is -2.33. The Labute approximate surface area is 175 Å². The fraction of sp³-hybridized carbons (Fsp3) is 0.381. The summed E-state index contributed by atoms with van der Waals surface area (Å²) >= 11 is 0. The number of morpholine rings is 1. The second-order valence-electron chi connectivity index (χ2n) is 7.49. The van der Waals surface area contributed by atoms with E-state index in [1.807, 2.05) is 12.1 Å². The third kappa shape index (κ3) is 4.59. The highest BCUT2D eigenvalue weighted by Gasteiger charge is 2.43. The van der Waals surface area contributed by atoms with Gasteiger partial charge in [0.05, 0.1) is 18.3 Å². The van der Waals surface area contributed by atoms with Crippen LogP contribution in [0.1, 0.15) is 23.0 Å². The van der Waals surface area contributed by atoms with Crippen molar-refractivity contribution in [2.45, 2.75) is 32.5 Å². The zero-order valence-corrected chi connectivity index (χ0v) is 16.7. The number of alkyl halides is 4. The minimum atomic E-state index is -4.40. The molecule has 1 aromatic carbocycles. The summed E-state index contributed by atoms with van der Waals surface area (Å²) in [5, 5.41) is 4.68. The van der Waals surface area contributed by atoms with E-state index in [-0.39, 0.29) is 24.6 Å². The van der Waals surface area contributed by atoms with Crippen molar-refractivity contribution in [3.63, 3.8) is 0 Å². The van der Waals surface area contributed by atoms with Gasteiger partial charge in [-0.05, 0) is 23.3 Å². The molecule has 0 saturated carbocycles. The second kappa shape index (κ2) is 8.35. The molecule has 0 aliphatic carbocycles. The van der Waals surface area contributed by atoms with E-state index in [9.17, 15) is 22.4 Å². The van der Waals surface area contributed by atoms with Gasteiger partial charge in [-0.15, -0.1) is 0 Å². The van der Waals surface area contributed by atoms with Crippen LogP contribution >= 0.6 is 0 Å². The molecule has 10 heteroatoms. The number of carbonyl (C=O) groups excluding carboxylic acids is 1. The molecule has 3 heterocycles. The van der Waals surface area contributed by atoms with Crippen LogP contribution in [-0.4, -0.2) is 57.4 Å². The number of rotatable bonds is 5. The van der Waals surface area contributed by atoms with Gasteiger partial charge in [-0.1, -0.05) is 12.1 Å². The van der Waals surface area contributed by atoms with E-state index in [4.69, 9.17) is 4.74 Å². The van der Waals surface area contributed by atoms with Gasteiger partial charge in [0.25, 0.3) is 0 Å². The first-order valence-electron chi connectivity index (χ1n) is 9.68. The number of hydrogen-bond acceptors (Lipinski definition) is 5. The van der Waals surface area contributed by atoms with Crippen molar-refractivity contribution >= 4 is 16.7 Å². The van der Waals surface area contributed by atoms with E-state index in [0.29, 0.717) is 29.7 Å². The highest BCUT2D eigenvalue weighted by molar-refractivity contribution is 6.01. The molecule has 1 fully saturated rings. The van der Waals surface area contributed by atoms with Gasteiger partial charge in [0.2, 0.25) is 0 Å². The van der Waals surface area contributed by atoms with E-state index < -0.39 is 19.1 Å². The minimum absolute atomic E-state index is 0.00714. The molecule has 0 unspecified atom stereocenters. The highest BCUT2D eigenvalue weighted by Crippen LogP contribution is 2.30. The molecule has 0 N–H and O–H groups in total. The molecule has 0 bridgehead atoms. The zero-order valence-electron chi connectivity index (χ0n) is 16.7. The van der Waals surface area contributed by atoms with Crippen LogP contribution < -0.4 is 0 Å². The van der Waals surface area contributed by atoms with Crippen LogP contribution in [0.25, 0.3) is 22.0 Å². The minimum Gasteiger partial charge on any atom is -0.366 e. The highest BCUT2D eigenvalue weighted by atomic mass is 19.4. The summed E-state index contributed by atoms with van der Waals surface area (Å²) in [6, 6.07) is 7.03. The maximum atomic E-state index is 13.0. The SMILES string of the molecule is CC(=O)c1cc(-c2cnn(CF)c2)c2ccc(CN3CCO[C@@H](C(F)(F)F)C3)cc2n1. The van der Waals surface area contributed by atoms with Crippen LogP contribution in [0.5, 0.6) is 0 Å². The van der Waals surface area contributed by atoms with Crippen molar-refractivity contribution in [3.8, 4) is 11.1 Å². The number of nitrogens with zero attached hydrogens (tertiary/aromatic N) is 4. The molecular formula is C21H20F4N4O2. The lowest BCUT2D eigenvalue weighted by atomic mass is 10.0. The molecular weight excluding hydrogens is 416 g/mol. The number of hydrogen-bond donors (Lipinski definition) is 0. The van der Waals surface area contributed by atoms with Crippen molar-refractivity contribution in [2.24, 2.45) is 0 Å². The Kier molecular flexibility index (Phi) is 5.76. The Balaban J connectivity index is 1.67. The molecule has 6 nitrogen and oxygen atoms in total. The predicted molar refractivity (Wildman–Crippen MR) is 105 cm³/mol. The van der Waals surface area contributed by atoms with Crippen LogP contribution in [0.4, 0.5) is 17.6 Å². The van der Waals surface area contributed by atoms with Crippen LogP contribution in [0.2, 0.25) is 0 Å². The summed E-state index contributed by atoms with van der Waals surface area (Å²) in [7, 11) is 0. The molecule has 2 aromatic heterocycles. The largest absolute Gasteiger partial charge is 0.415 e. The Bertz CT molecular complexity index is 1110. The third-order valence-corrected chi connectivity index (χ3v) is 5.22. The quantitative estimate of drug-likeness (QED) is 0.447. The van der Waals surface area contributed by atoms with Crippen molar-refractivity contribution in [1.82, 2.24) is 19.7 Å². The fourth-order valence-corrected chi connectivity index (χ4v) is 3.66. The van der Waals surface area contributed by atoms with E-state index in [1.165, 1.54) is 19.3 Å². The average molecular weight is 436 g/mol. The number of fused-ring (bicyclic) bond motifs is 1. The van der Waals surface area contributed by atoms with Crippen LogP contribution in [0.15, 0.2) is 36.7 Å². The molecule has 1 atom stereocenters. The van der Waals surface area contributed by atoms with Gasteiger partial charge < -0.3 is 4.74 Å². The molecule has 4 rings (SSSR count).